The highest BCUT2D eigenvalue weighted by Gasteiger charge is 2.28. The van der Waals surface area contributed by atoms with Crippen LogP contribution in [0.1, 0.15) is 15.9 Å². The molecule has 0 spiro atoms. The number of halogens is 3. The molecule has 4 nitrogen and oxygen atoms in total. The number of para-hydroxylation sites is 2. The van der Waals surface area contributed by atoms with Crippen LogP contribution in [0.5, 0.6) is 0 Å². The predicted octanol–water partition coefficient (Wildman–Crippen LogP) is 4.41. The molecule has 0 atom stereocenters. The first-order valence-corrected chi connectivity index (χ1v) is 8.32. The number of nitrogens with zero attached hydrogens (tertiary/aromatic N) is 1. The molecule has 1 aromatic heterocycles. The van der Waals surface area contributed by atoms with Gasteiger partial charge in [-0.1, -0.05) is 42.1 Å². The second-order valence-electron chi connectivity index (χ2n) is 5.19. The Bertz CT molecular complexity index is 860. The molecule has 0 fully saturated rings. The number of oxazole rings is 1. The largest absolute Gasteiger partial charge is 0.431 e. The molecule has 0 aliphatic rings. The molecule has 0 unspecified atom stereocenters. The maximum atomic E-state index is 12.3. The summed E-state index contributed by atoms with van der Waals surface area (Å²) in [5, 5.41) is 2.32. The Morgan fingerprint density at radius 2 is 1.84 bits per heavy atom. The average molecular weight is 366 g/mol. The monoisotopic (exact) mass is 366 g/mol. The van der Waals surface area contributed by atoms with Crippen molar-refractivity contribution < 1.29 is 22.4 Å². The quantitative estimate of drug-likeness (QED) is 0.680. The molecular weight excluding hydrogens is 353 g/mol. The van der Waals surface area contributed by atoms with Crippen LogP contribution >= 0.6 is 11.8 Å². The summed E-state index contributed by atoms with van der Waals surface area (Å²) < 4.78 is 42.4. The van der Waals surface area contributed by atoms with Gasteiger partial charge in [-0.2, -0.15) is 13.2 Å². The van der Waals surface area contributed by atoms with E-state index in [9.17, 15) is 18.0 Å². The number of rotatable bonds is 5. The standard InChI is InChI=1S/C17H13F3N2O2S/c18-17(19,20)10-21-15(23)12-6-2-1-5-11(12)9-25-16-22-13-7-3-4-8-14(13)24-16/h1-8H,9-10H2,(H,21,23). The molecule has 2 aromatic carbocycles. The summed E-state index contributed by atoms with van der Waals surface area (Å²) in [5.41, 5.74) is 2.19. The Kier molecular flexibility index (Phi) is 4.98. The summed E-state index contributed by atoms with van der Waals surface area (Å²) >= 11 is 1.27. The van der Waals surface area contributed by atoms with Gasteiger partial charge in [-0.25, -0.2) is 4.98 Å². The van der Waals surface area contributed by atoms with Crippen molar-refractivity contribution in [3.63, 3.8) is 0 Å². The normalized spacial score (nSPS) is 11.6. The highest BCUT2D eigenvalue weighted by molar-refractivity contribution is 7.98. The molecule has 130 valence electrons. The minimum atomic E-state index is -4.45. The van der Waals surface area contributed by atoms with E-state index in [2.05, 4.69) is 4.98 Å². The molecular formula is C17H13F3N2O2S. The van der Waals surface area contributed by atoms with E-state index in [1.54, 1.807) is 24.3 Å². The van der Waals surface area contributed by atoms with E-state index in [-0.39, 0.29) is 5.56 Å². The van der Waals surface area contributed by atoms with E-state index in [4.69, 9.17) is 4.42 Å². The van der Waals surface area contributed by atoms with E-state index in [1.807, 2.05) is 23.5 Å². The maximum absolute atomic E-state index is 12.3. The van der Waals surface area contributed by atoms with Gasteiger partial charge in [0.25, 0.3) is 11.1 Å². The molecule has 0 saturated heterocycles. The lowest BCUT2D eigenvalue weighted by atomic mass is 10.1. The van der Waals surface area contributed by atoms with Crippen molar-refractivity contribution in [1.82, 2.24) is 10.3 Å². The molecule has 0 aliphatic heterocycles. The Balaban J connectivity index is 1.71. The highest BCUT2D eigenvalue weighted by atomic mass is 32.2. The van der Waals surface area contributed by atoms with Crippen molar-refractivity contribution in [1.29, 1.82) is 0 Å². The van der Waals surface area contributed by atoms with Crippen LogP contribution in [0.15, 0.2) is 58.2 Å². The van der Waals surface area contributed by atoms with Gasteiger partial charge in [0.05, 0.1) is 0 Å². The van der Waals surface area contributed by atoms with E-state index in [1.165, 1.54) is 17.8 Å². The summed E-state index contributed by atoms with van der Waals surface area (Å²) in [4.78, 5) is 16.3. The number of hydrogen-bond donors (Lipinski definition) is 1. The third-order valence-corrected chi connectivity index (χ3v) is 4.21. The topological polar surface area (TPSA) is 55.1 Å². The van der Waals surface area contributed by atoms with Crippen molar-refractivity contribution >= 4 is 28.8 Å². The summed E-state index contributed by atoms with van der Waals surface area (Å²) in [6.45, 7) is -1.36. The smallest absolute Gasteiger partial charge is 0.405 e. The first kappa shape index (κ1) is 17.3. The Hall–Kier alpha value is -2.48. The van der Waals surface area contributed by atoms with Gasteiger partial charge < -0.3 is 9.73 Å². The van der Waals surface area contributed by atoms with Crippen LogP contribution in [0.4, 0.5) is 13.2 Å². The number of nitrogens with one attached hydrogen (secondary N) is 1. The van der Waals surface area contributed by atoms with Crippen LogP contribution < -0.4 is 5.32 Å². The molecule has 1 amide bonds. The molecule has 1 N–H and O–H groups in total. The second-order valence-corrected chi connectivity index (χ2v) is 6.12. The molecule has 0 aliphatic carbocycles. The van der Waals surface area contributed by atoms with Gasteiger partial charge in [-0.3, -0.25) is 4.79 Å². The summed E-state index contributed by atoms with van der Waals surface area (Å²) in [7, 11) is 0. The molecule has 0 bridgehead atoms. The van der Waals surface area contributed by atoms with Crippen molar-refractivity contribution in [2.45, 2.75) is 17.2 Å². The fourth-order valence-corrected chi connectivity index (χ4v) is 3.04. The van der Waals surface area contributed by atoms with Crippen molar-refractivity contribution in [2.24, 2.45) is 0 Å². The molecule has 8 heteroatoms. The van der Waals surface area contributed by atoms with E-state index >= 15 is 0 Å². The van der Waals surface area contributed by atoms with Crippen LogP contribution in [-0.4, -0.2) is 23.6 Å². The van der Waals surface area contributed by atoms with Gasteiger partial charge in [0.1, 0.15) is 12.1 Å². The SMILES string of the molecule is O=C(NCC(F)(F)F)c1ccccc1CSc1nc2ccccc2o1. The zero-order valence-corrected chi connectivity index (χ0v) is 13.7. The lowest BCUT2D eigenvalue weighted by Crippen LogP contribution is -2.34. The van der Waals surface area contributed by atoms with Crippen LogP contribution in [0.25, 0.3) is 11.1 Å². The van der Waals surface area contributed by atoms with Crippen molar-refractivity contribution in [2.75, 3.05) is 6.54 Å². The Morgan fingerprint density at radius 3 is 2.60 bits per heavy atom. The Labute approximate surface area is 145 Å². The summed E-state index contributed by atoms with van der Waals surface area (Å²) in [6, 6.07) is 13.8. The third kappa shape index (κ3) is 4.54. The van der Waals surface area contributed by atoms with Gasteiger partial charge >= 0.3 is 6.18 Å². The number of carbonyl (C=O) groups is 1. The molecule has 0 saturated carbocycles. The minimum absolute atomic E-state index is 0.204. The van der Waals surface area contributed by atoms with Crippen LogP contribution in [0.2, 0.25) is 0 Å². The van der Waals surface area contributed by atoms with Crippen LogP contribution in [0.3, 0.4) is 0 Å². The van der Waals surface area contributed by atoms with Gasteiger partial charge in [0.15, 0.2) is 5.58 Å². The van der Waals surface area contributed by atoms with Gasteiger partial charge in [0, 0.05) is 11.3 Å². The van der Waals surface area contributed by atoms with Gasteiger partial charge in [0.2, 0.25) is 0 Å². The first-order chi connectivity index (χ1) is 11.9. The number of benzene rings is 2. The molecule has 0 radical (unpaired) electrons. The zero-order chi connectivity index (χ0) is 17.9. The van der Waals surface area contributed by atoms with Gasteiger partial charge in [-0.05, 0) is 23.8 Å². The fourth-order valence-electron chi connectivity index (χ4n) is 2.20. The number of carbonyl (C=O) groups excluding carboxylic acids is 1. The number of amides is 1. The predicted molar refractivity (Wildman–Crippen MR) is 88.4 cm³/mol. The number of hydrogen-bond acceptors (Lipinski definition) is 4. The van der Waals surface area contributed by atoms with Gasteiger partial charge in [-0.15, -0.1) is 0 Å². The lowest BCUT2D eigenvalue weighted by molar-refractivity contribution is -0.123. The average Bonchev–Trinajstić information content (AvgIpc) is 3.00. The van der Waals surface area contributed by atoms with E-state index < -0.39 is 18.6 Å². The molecule has 1 heterocycles. The molecule has 3 aromatic rings. The minimum Gasteiger partial charge on any atom is -0.431 e. The van der Waals surface area contributed by atoms with E-state index in [0.717, 1.165) is 5.52 Å². The number of fused-ring (bicyclic) bond motifs is 1. The number of alkyl halides is 3. The first-order valence-electron chi connectivity index (χ1n) is 7.33. The maximum Gasteiger partial charge on any atom is 0.405 e. The van der Waals surface area contributed by atoms with Crippen molar-refractivity contribution in [3.8, 4) is 0 Å². The number of aromatic nitrogens is 1. The fraction of sp³-hybridized carbons (Fsp3) is 0.176. The third-order valence-electron chi connectivity index (χ3n) is 3.34. The summed E-state index contributed by atoms with van der Waals surface area (Å²) in [5.74, 6) is -0.409. The Morgan fingerprint density at radius 1 is 1.12 bits per heavy atom. The molecule has 25 heavy (non-hydrogen) atoms. The van der Waals surface area contributed by atoms with Crippen LogP contribution in [0, 0.1) is 0 Å². The zero-order valence-electron chi connectivity index (χ0n) is 12.8. The van der Waals surface area contributed by atoms with Crippen molar-refractivity contribution in [3.05, 3.63) is 59.7 Å². The van der Waals surface area contributed by atoms with E-state index in [0.29, 0.717) is 22.1 Å². The molecule has 3 rings (SSSR count). The number of thioether (sulfide) groups is 1. The van der Waals surface area contributed by atoms with Crippen LogP contribution in [-0.2, 0) is 5.75 Å². The summed E-state index contributed by atoms with van der Waals surface area (Å²) in [6.07, 6.45) is -4.45. The lowest BCUT2D eigenvalue weighted by Gasteiger charge is -2.11. The highest BCUT2D eigenvalue weighted by Crippen LogP contribution is 2.27. The second kappa shape index (κ2) is 7.18.